The molecule has 1 heteroatoms. The van der Waals surface area contributed by atoms with E-state index in [4.69, 9.17) is 0 Å². The van der Waals surface area contributed by atoms with Crippen molar-refractivity contribution in [3.8, 4) is 0 Å². The normalized spacial score (nSPS) is 42.4. The highest BCUT2D eigenvalue weighted by Gasteiger charge is 2.59. The lowest BCUT2D eigenvalue weighted by Gasteiger charge is -2.58. The Bertz CT molecular complexity index is 727. The summed E-state index contributed by atoms with van der Waals surface area (Å²) in [6.45, 7) is 14.7. The molecule has 1 nitrogen and oxygen atoms in total. The van der Waals surface area contributed by atoms with Gasteiger partial charge in [-0.3, -0.25) is 4.79 Å². The van der Waals surface area contributed by atoms with Crippen LogP contribution < -0.4 is 0 Å². The molecule has 168 valence electrons. The first-order chi connectivity index (χ1) is 14.2. The lowest BCUT2D eigenvalue weighted by Crippen LogP contribution is -2.50. The molecule has 0 radical (unpaired) electrons. The van der Waals surface area contributed by atoms with Crippen molar-refractivity contribution >= 4 is 5.78 Å². The molecule has 0 amide bonds. The van der Waals surface area contributed by atoms with Crippen molar-refractivity contribution in [2.75, 3.05) is 0 Å². The van der Waals surface area contributed by atoms with Gasteiger partial charge in [-0.05, 0) is 117 Å². The van der Waals surface area contributed by atoms with Gasteiger partial charge in [0.1, 0.15) is 0 Å². The highest BCUT2D eigenvalue weighted by molar-refractivity contribution is 5.91. The first-order valence-corrected chi connectivity index (χ1v) is 13.1. The predicted octanol–water partition coefficient (Wildman–Crippen LogP) is 8.15. The molecule has 3 saturated carbocycles. The van der Waals surface area contributed by atoms with Gasteiger partial charge in [0.25, 0.3) is 0 Å². The Kier molecular flexibility index (Phi) is 6.15. The Hall–Kier alpha value is -0.850. The third kappa shape index (κ3) is 3.57. The smallest absolute Gasteiger partial charge is 0.155 e. The van der Waals surface area contributed by atoms with Crippen LogP contribution in [0.1, 0.15) is 106 Å². The number of ketones is 1. The molecule has 4 aliphatic rings. The van der Waals surface area contributed by atoms with Gasteiger partial charge in [-0.15, -0.1) is 0 Å². The van der Waals surface area contributed by atoms with E-state index in [2.05, 4.69) is 53.7 Å². The molecule has 30 heavy (non-hydrogen) atoms. The molecule has 0 bridgehead atoms. The van der Waals surface area contributed by atoms with E-state index in [1.54, 1.807) is 5.57 Å². The van der Waals surface area contributed by atoms with Crippen LogP contribution in [-0.4, -0.2) is 5.78 Å². The molecule has 4 rings (SSSR count). The zero-order valence-electron chi connectivity index (χ0n) is 20.6. The Morgan fingerprint density at radius 3 is 2.53 bits per heavy atom. The van der Waals surface area contributed by atoms with E-state index < -0.39 is 0 Å². The summed E-state index contributed by atoms with van der Waals surface area (Å²) in [5.41, 5.74) is 4.03. The van der Waals surface area contributed by atoms with E-state index in [9.17, 15) is 4.79 Å². The van der Waals surface area contributed by atoms with Crippen LogP contribution in [0.5, 0.6) is 0 Å². The van der Waals surface area contributed by atoms with Gasteiger partial charge in [0.15, 0.2) is 5.78 Å². The molecule has 3 fully saturated rings. The van der Waals surface area contributed by atoms with Gasteiger partial charge in [-0.2, -0.15) is 0 Å². The maximum atomic E-state index is 12.1. The second kappa shape index (κ2) is 8.25. The van der Waals surface area contributed by atoms with Crippen molar-refractivity contribution in [1.82, 2.24) is 0 Å². The molecule has 4 aliphatic carbocycles. The van der Waals surface area contributed by atoms with E-state index in [-0.39, 0.29) is 0 Å². The monoisotopic (exact) mass is 410 g/mol. The molecular weight excluding hydrogens is 364 g/mol. The maximum absolute atomic E-state index is 12.1. The number of carbonyl (C=O) groups excluding carboxylic acids is 1. The first-order valence-electron chi connectivity index (χ1n) is 13.1. The average molecular weight is 411 g/mol. The summed E-state index contributed by atoms with van der Waals surface area (Å²) in [6, 6.07) is 0. The van der Waals surface area contributed by atoms with Crippen LogP contribution in [0, 0.1) is 46.3 Å². The van der Waals surface area contributed by atoms with Gasteiger partial charge >= 0.3 is 0 Å². The summed E-state index contributed by atoms with van der Waals surface area (Å²) in [5.74, 6) is 5.48. The van der Waals surface area contributed by atoms with Crippen molar-refractivity contribution < 1.29 is 4.79 Å². The van der Waals surface area contributed by atoms with Gasteiger partial charge in [0.2, 0.25) is 0 Å². The Balaban J connectivity index is 1.49. The average Bonchev–Trinajstić information content (AvgIpc) is 3.06. The molecule has 0 spiro atoms. The molecule has 0 aromatic rings. The van der Waals surface area contributed by atoms with Gasteiger partial charge in [0.05, 0.1) is 0 Å². The van der Waals surface area contributed by atoms with Crippen molar-refractivity contribution in [3.05, 3.63) is 23.3 Å². The van der Waals surface area contributed by atoms with Crippen LogP contribution in [0.4, 0.5) is 0 Å². The molecule has 0 heterocycles. The molecule has 4 unspecified atom stereocenters. The Morgan fingerprint density at radius 1 is 1.07 bits per heavy atom. The summed E-state index contributed by atoms with van der Waals surface area (Å²) >= 11 is 0. The largest absolute Gasteiger partial charge is 0.295 e. The van der Waals surface area contributed by atoms with E-state index in [1.165, 1.54) is 56.9 Å². The van der Waals surface area contributed by atoms with Gasteiger partial charge in [-0.25, -0.2) is 0 Å². The Morgan fingerprint density at radius 2 is 1.83 bits per heavy atom. The third-order valence-electron chi connectivity index (χ3n) is 10.7. The number of carbonyl (C=O) groups is 1. The highest BCUT2D eigenvalue weighted by Crippen LogP contribution is 2.67. The number of hydrogen-bond donors (Lipinski definition) is 0. The summed E-state index contributed by atoms with van der Waals surface area (Å²) in [5, 5.41) is 0. The second-order valence-corrected chi connectivity index (χ2v) is 12.2. The van der Waals surface area contributed by atoms with Crippen molar-refractivity contribution in [2.45, 2.75) is 106 Å². The quantitative estimate of drug-likeness (QED) is 0.418. The number of hydrogen-bond acceptors (Lipinski definition) is 1. The van der Waals surface area contributed by atoms with Gasteiger partial charge in [-0.1, -0.05) is 51.8 Å². The van der Waals surface area contributed by atoms with Crippen molar-refractivity contribution in [1.29, 1.82) is 0 Å². The van der Waals surface area contributed by atoms with Crippen LogP contribution in [0.15, 0.2) is 23.3 Å². The van der Waals surface area contributed by atoms with Gasteiger partial charge < -0.3 is 0 Å². The molecule has 0 aromatic carbocycles. The molecule has 0 N–H and O–H groups in total. The van der Waals surface area contributed by atoms with Crippen LogP contribution in [-0.2, 0) is 4.79 Å². The Labute approximate surface area is 186 Å². The molecule has 7 atom stereocenters. The second-order valence-electron chi connectivity index (χ2n) is 12.2. The van der Waals surface area contributed by atoms with Crippen molar-refractivity contribution in [3.63, 3.8) is 0 Å². The number of rotatable bonds is 5. The molecular formula is C29H46O. The fraction of sp³-hybridized carbons (Fsp3) is 0.828. The van der Waals surface area contributed by atoms with E-state index in [0.29, 0.717) is 22.5 Å². The lowest BCUT2D eigenvalue weighted by atomic mass is 9.46. The number of fused-ring (bicyclic) bond motifs is 5. The van der Waals surface area contributed by atoms with E-state index >= 15 is 0 Å². The summed E-state index contributed by atoms with van der Waals surface area (Å²) in [7, 11) is 0. The predicted molar refractivity (Wildman–Crippen MR) is 127 cm³/mol. The molecule has 0 saturated heterocycles. The molecule has 0 aromatic heterocycles. The minimum atomic E-state index is 0.319. The fourth-order valence-corrected chi connectivity index (χ4v) is 8.90. The van der Waals surface area contributed by atoms with Crippen LogP contribution in [0.25, 0.3) is 0 Å². The van der Waals surface area contributed by atoms with Crippen LogP contribution in [0.2, 0.25) is 0 Å². The van der Waals surface area contributed by atoms with Gasteiger partial charge in [0, 0.05) is 6.42 Å². The molecule has 0 aliphatic heterocycles. The SMILES string of the molecule is C/C=C(\CC[C@@H](C)C1CCC2C3CCC4=CC(=O)CC[C@]4(C)C3CC[C@@]21C)C(C)C. The summed E-state index contributed by atoms with van der Waals surface area (Å²) < 4.78 is 0. The lowest BCUT2D eigenvalue weighted by molar-refractivity contribution is -0.117. The first kappa shape index (κ1) is 22.3. The standard InChI is InChI=1S/C29H46O/c1-7-21(19(2)3)9-8-20(4)25-12-13-26-24-11-10-22-18-23(30)14-16-28(22,5)27(24)15-17-29(25,26)6/h7,18-20,24-27H,8-17H2,1-6H3/b21-7+/t20-,24?,25?,26?,27?,28+,29-/m1/s1. The van der Waals surface area contributed by atoms with Crippen LogP contribution in [0.3, 0.4) is 0 Å². The zero-order chi connectivity index (χ0) is 21.7. The zero-order valence-corrected chi connectivity index (χ0v) is 20.6. The topological polar surface area (TPSA) is 17.1 Å². The maximum Gasteiger partial charge on any atom is 0.155 e. The minimum Gasteiger partial charge on any atom is -0.295 e. The summed E-state index contributed by atoms with van der Waals surface area (Å²) in [6.07, 6.45) is 17.2. The minimum absolute atomic E-state index is 0.319. The highest BCUT2D eigenvalue weighted by atomic mass is 16.1. The van der Waals surface area contributed by atoms with Crippen LogP contribution >= 0.6 is 0 Å². The van der Waals surface area contributed by atoms with E-state index in [1.807, 2.05) is 0 Å². The third-order valence-corrected chi connectivity index (χ3v) is 10.7. The van der Waals surface area contributed by atoms with Crippen molar-refractivity contribution in [2.24, 2.45) is 46.3 Å². The summed E-state index contributed by atoms with van der Waals surface area (Å²) in [4.78, 5) is 12.1. The van der Waals surface area contributed by atoms with E-state index in [0.717, 1.165) is 42.4 Å². The fourth-order valence-electron chi connectivity index (χ4n) is 8.90. The number of allylic oxidation sites excluding steroid dienone is 3.